The largest absolute Gasteiger partial charge is 0.491 e. The first-order valence-corrected chi connectivity index (χ1v) is 7.35. The third-order valence-electron chi connectivity index (χ3n) is 2.90. The Morgan fingerprint density at radius 3 is 2.67 bits per heavy atom. The number of hydrogen-bond acceptors (Lipinski definition) is 3. The maximum Gasteiger partial charge on any atom is 0.121 e. The van der Waals surface area contributed by atoms with Crippen LogP contribution in [0.25, 0.3) is 0 Å². The molecule has 21 heavy (non-hydrogen) atoms. The maximum absolute atomic E-state index is 6.16. The van der Waals surface area contributed by atoms with Gasteiger partial charge in [0.05, 0.1) is 16.7 Å². The molecule has 0 atom stereocenters. The fourth-order valence-corrected chi connectivity index (χ4v) is 2.21. The first kappa shape index (κ1) is 16.0. The monoisotopic (exact) mass is 325 g/mol. The zero-order valence-electron chi connectivity index (χ0n) is 11.7. The predicted octanol–water partition coefficient (Wildman–Crippen LogP) is 4.63. The Kier molecular flexibility index (Phi) is 6.18. The molecule has 112 valence electrons. The fraction of sp³-hybridized carbons (Fsp3) is 0.250. The van der Waals surface area contributed by atoms with Gasteiger partial charge in [-0.3, -0.25) is 0 Å². The lowest BCUT2D eigenvalue weighted by atomic mass is 10.2. The van der Waals surface area contributed by atoms with E-state index in [0.29, 0.717) is 29.8 Å². The van der Waals surface area contributed by atoms with Crippen LogP contribution in [0, 0.1) is 0 Å². The molecule has 1 N–H and O–H groups in total. The second kappa shape index (κ2) is 8.13. The van der Waals surface area contributed by atoms with E-state index in [0.717, 1.165) is 17.0 Å². The SMILES string of the molecule is COCCOc1cccc(NCc2cccc(Cl)c2Cl)c1. The summed E-state index contributed by atoms with van der Waals surface area (Å²) in [4.78, 5) is 0. The van der Waals surface area contributed by atoms with Crippen LogP contribution in [0.1, 0.15) is 5.56 Å². The van der Waals surface area contributed by atoms with Crippen molar-refractivity contribution in [2.45, 2.75) is 6.54 Å². The second-order valence-electron chi connectivity index (χ2n) is 4.44. The molecule has 0 bridgehead atoms. The molecule has 0 radical (unpaired) electrons. The molecular weight excluding hydrogens is 309 g/mol. The summed E-state index contributed by atoms with van der Waals surface area (Å²) < 4.78 is 10.5. The van der Waals surface area contributed by atoms with E-state index in [4.69, 9.17) is 32.7 Å². The quantitative estimate of drug-likeness (QED) is 0.753. The Morgan fingerprint density at radius 2 is 1.86 bits per heavy atom. The number of nitrogens with one attached hydrogen (secondary N) is 1. The minimum Gasteiger partial charge on any atom is -0.491 e. The van der Waals surface area contributed by atoms with E-state index in [1.807, 2.05) is 36.4 Å². The second-order valence-corrected chi connectivity index (χ2v) is 5.22. The van der Waals surface area contributed by atoms with E-state index in [-0.39, 0.29) is 0 Å². The number of ether oxygens (including phenoxy) is 2. The summed E-state index contributed by atoms with van der Waals surface area (Å²) in [6, 6.07) is 13.4. The lowest BCUT2D eigenvalue weighted by Crippen LogP contribution is -2.05. The van der Waals surface area contributed by atoms with E-state index in [2.05, 4.69) is 5.32 Å². The van der Waals surface area contributed by atoms with E-state index in [1.165, 1.54) is 0 Å². The minimum atomic E-state index is 0.528. The van der Waals surface area contributed by atoms with Crippen LogP contribution in [0.15, 0.2) is 42.5 Å². The summed E-state index contributed by atoms with van der Waals surface area (Å²) in [6.45, 7) is 1.69. The highest BCUT2D eigenvalue weighted by Gasteiger charge is 2.04. The van der Waals surface area contributed by atoms with Crippen molar-refractivity contribution < 1.29 is 9.47 Å². The van der Waals surface area contributed by atoms with Crippen LogP contribution in [-0.2, 0) is 11.3 Å². The molecule has 0 fully saturated rings. The van der Waals surface area contributed by atoms with Gasteiger partial charge in [-0.1, -0.05) is 41.4 Å². The maximum atomic E-state index is 6.16. The average Bonchev–Trinajstić information content (AvgIpc) is 2.50. The van der Waals surface area contributed by atoms with Crippen LogP contribution in [0.2, 0.25) is 10.0 Å². The molecule has 3 nitrogen and oxygen atoms in total. The molecule has 2 aromatic carbocycles. The molecule has 0 saturated carbocycles. The Hall–Kier alpha value is -1.42. The van der Waals surface area contributed by atoms with Crippen molar-refractivity contribution in [2.24, 2.45) is 0 Å². The van der Waals surface area contributed by atoms with E-state index < -0.39 is 0 Å². The van der Waals surface area contributed by atoms with Gasteiger partial charge < -0.3 is 14.8 Å². The van der Waals surface area contributed by atoms with Gasteiger partial charge in [0.15, 0.2) is 0 Å². The molecular formula is C16H17Cl2NO2. The third-order valence-corrected chi connectivity index (χ3v) is 3.76. The standard InChI is InChI=1S/C16H17Cl2NO2/c1-20-8-9-21-14-6-3-5-13(10-14)19-11-12-4-2-7-15(17)16(12)18/h2-7,10,19H,8-9,11H2,1H3. The van der Waals surface area contributed by atoms with Gasteiger partial charge in [-0.15, -0.1) is 0 Å². The molecule has 0 unspecified atom stereocenters. The van der Waals surface area contributed by atoms with Gasteiger partial charge in [0.2, 0.25) is 0 Å². The zero-order chi connectivity index (χ0) is 15.1. The molecule has 0 aliphatic heterocycles. The van der Waals surface area contributed by atoms with Crippen LogP contribution >= 0.6 is 23.2 Å². The number of methoxy groups -OCH3 is 1. The zero-order valence-corrected chi connectivity index (χ0v) is 13.2. The summed E-state index contributed by atoms with van der Waals surface area (Å²) >= 11 is 12.2. The Labute approximate surface area is 134 Å². The summed E-state index contributed by atoms with van der Waals surface area (Å²) in [5.41, 5.74) is 1.91. The average molecular weight is 326 g/mol. The highest BCUT2D eigenvalue weighted by Crippen LogP contribution is 2.26. The number of rotatable bonds is 7. The Morgan fingerprint density at radius 1 is 1.05 bits per heavy atom. The van der Waals surface area contributed by atoms with Crippen molar-refractivity contribution in [3.63, 3.8) is 0 Å². The molecule has 0 heterocycles. The van der Waals surface area contributed by atoms with Crippen molar-refractivity contribution in [3.8, 4) is 5.75 Å². The lowest BCUT2D eigenvalue weighted by Gasteiger charge is -2.11. The first-order valence-electron chi connectivity index (χ1n) is 6.59. The van der Waals surface area contributed by atoms with Gasteiger partial charge in [-0.05, 0) is 23.8 Å². The van der Waals surface area contributed by atoms with E-state index in [9.17, 15) is 0 Å². The van der Waals surface area contributed by atoms with Crippen molar-refractivity contribution in [2.75, 3.05) is 25.6 Å². The summed E-state index contributed by atoms with van der Waals surface area (Å²) in [5.74, 6) is 0.800. The molecule has 0 aliphatic rings. The number of hydrogen-bond donors (Lipinski definition) is 1. The normalized spacial score (nSPS) is 10.4. The Balaban J connectivity index is 1.96. The summed E-state index contributed by atoms with van der Waals surface area (Å²) in [7, 11) is 1.65. The molecule has 5 heteroatoms. The molecule has 0 aliphatic carbocycles. The van der Waals surface area contributed by atoms with E-state index >= 15 is 0 Å². The van der Waals surface area contributed by atoms with Crippen molar-refractivity contribution in [3.05, 3.63) is 58.1 Å². The van der Waals surface area contributed by atoms with Crippen molar-refractivity contribution in [1.29, 1.82) is 0 Å². The van der Waals surface area contributed by atoms with Gasteiger partial charge in [0.25, 0.3) is 0 Å². The number of halogens is 2. The highest BCUT2D eigenvalue weighted by atomic mass is 35.5. The fourth-order valence-electron chi connectivity index (χ4n) is 1.82. The third kappa shape index (κ3) is 4.81. The minimum absolute atomic E-state index is 0.528. The highest BCUT2D eigenvalue weighted by molar-refractivity contribution is 6.42. The summed E-state index contributed by atoms with van der Waals surface area (Å²) in [6.07, 6.45) is 0. The smallest absolute Gasteiger partial charge is 0.121 e. The Bertz CT molecular complexity index is 590. The molecule has 2 rings (SSSR count). The van der Waals surface area contributed by atoms with Crippen molar-refractivity contribution in [1.82, 2.24) is 0 Å². The van der Waals surface area contributed by atoms with Gasteiger partial charge in [-0.25, -0.2) is 0 Å². The van der Waals surface area contributed by atoms with Crippen LogP contribution in [-0.4, -0.2) is 20.3 Å². The summed E-state index contributed by atoms with van der Waals surface area (Å²) in [5, 5.41) is 4.45. The predicted molar refractivity (Wildman–Crippen MR) is 87.6 cm³/mol. The van der Waals surface area contributed by atoms with Gasteiger partial charge in [0.1, 0.15) is 12.4 Å². The van der Waals surface area contributed by atoms with Gasteiger partial charge >= 0.3 is 0 Å². The molecule has 0 saturated heterocycles. The van der Waals surface area contributed by atoms with Crippen molar-refractivity contribution >= 4 is 28.9 Å². The van der Waals surface area contributed by atoms with Crippen LogP contribution < -0.4 is 10.1 Å². The van der Waals surface area contributed by atoms with Crippen LogP contribution in [0.4, 0.5) is 5.69 Å². The van der Waals surface area contributed by atoms with Gasteiger partial charge in [0, 0.05) is 25.4 Å². The van der Waals surface area contributed by atoms with E-state index in [1.54, 1.807) is 13.2 Å². The molecule has 0 amide bonds. The van der Waals surface area contributed by atoms with Crippen LogP contribution in [0.5, 0.6) is 5.75 Å². The van der Waals surface area contributed by atoms with Gasteiger partial charge in [-0.2, -0.15) is 0 Å². The first-order chi connectivity index (χ1) is 10.2. The number of anilines is 1. The molecule has 2 aromatic rings. The molecule has 0 spiro atoms. The molecule has 0 aromatic heterocycles. The number of benzene rings is 2. The lowest BCUT2D eigenvalue weighted by molar-refractivity contribution is 0.146. The van der Waals surface area contributed by atoms with Crippen LogP contribution in [0.3, 0.4) is 0 Å². The topological polar surface area (TPSA) is 30.5 Å².